The Morgan fingerprint density at radius 3 is 2.81 bits per heavy atom. The standard InChI is InChI=1S/C19H16N2O5/c1-10-4-5-11-14(20-18(23)15-3-2-8-26-15)7-6-12-16(11)21(10)9-13(17(12)22)19(24)25/h2-3,6-10H,4-5H2,1H3,(H,20,23)(H,24,25). The lowest BCUT2D eigenvalue weighted by molar-refractivity contribution is 0.0694. The smallest absolute Gasteiger partial charge is 0.341 e. The van der Waals surface area contributed by atoms with E-state index in [9.17, 15) is 19.5 Å². The van der Waals surface area contributed by atoms with Gasteiger partial charge < -0.3 is 19.4 Å². The normalized spacial score (nSPS) is 15.8. The van der Waals surface area contributed by atoms with E-state index in [0.29, 0.717) is 23.0 Å². The van der Waals surface area contributed by atoms with Crippen LogP contribution in [-0.4, -0.2) is 21.6 Å². The van der Waals surface area contributed by atoms with E-state index >= 15 is 0 Å². The molecular weight excluding hydrogens is 336 g/mol. The Morgan fingerprint density at radius 1 is 1.31 bits per heavy atom. The average molecular weight is 352 g/mol. The highest BCUT2D eigenvalue weighted by atomic mass is 16.4. The van der Waals surface area contributed by atoms with Crippen molar-refractivity contribution in [3.8, 4) is 0 Å². The van der Waals surface area contributed by atoms with Gasteiger partial charge in [-0.25, -0.2) is 4.79 Å². The van der Waals surface area contributed by atoms with Gasteiger partial charge in [-0.2, -0.15) is 0 Å². The molecule has 1 aliphatic heterocycles. The van der Waals surface area contributed by atoms with Crippen LogP contribution in [0, 0.1) is 0 Å². The van der Waals surface area contributed by atoms with Crippen LogP contribution in [0.25, 0.3) is 10.9 Å². The summed E-state index contributed by atoms with van der Waals surface area (Å²) in [7, 11) is 0. The van der Waals surface area contributed by atoms with Crippen molar-refractivity contribution in [3.05, 3.63) is 63.8 Å². The molecule has 26 heavy (non-hydrogen) atoms. The molecule has 0 spiro atoms. The molecule has 7 nitrogen and oxygen atoms in total. The number of carboxylic acids is 1. The molecule has 0 bridgehead atoms. The van der Waals surface area contributed by atoms with Gasteiger partial charge in [-0.3, -0.25) is 9.59 Å². The summed E-state index contributed by atoms with van der Waals surface area (Å²) < 4.78 is 6.93. The van der Waals surface area contributed by atoms with E-state index in [1.807, 2.05) is 11.5 Å². The lowest BCUT2D eigenvalue weighted by atomic mass is 9.94. The molecule has 2 aromatic heterocycles. The molecule has 1 atom stereocenters. The molecule has 3 heterocycles. The fraction of sp³-hybridized carbons (Fsp3) is 0.211. The molecule has 4 rings (SSSR count). The summed E-state index contributed by atoms with van der Waals surface area (Å²) in [5.41, 5.74) is 1.35. The summed E-state index contributed by atoms with van der Waals surface area (Å²) in [6.07, 6.45) is 4.28. The summed E-state index contributed by atoms with van der Waals surface area (Å²) in [4.78, 5) is 36.3. The number of anilines is 1. The zero-order valence-corrected chi connectivity index (χ0v) is 14.0. The lowest BCUT2D eigenvalue weighted by Crippen LogP contribution is -2.25. The third-order valence-corrected chi connectivity index (χ3v) is 4.81. The van der Waals surface area contributed by atoms with Gasteiger partial charge in [0.05, 0.1) is 11.8 Å². The van der Waals surface area contributed by atoms with Gasteiger partial charge in [0, 0.05) is 28.9 Å². The summed E-state index contributed by atoms with van der Waals surface area (Å²) in [6, 6.07) is 6.47. The third kappa shape index (κ3) is 2.40. The quantitative estimate of drug-likeness (QED) is 0.754. The number of benzene rings is 1. The summed E-state index contributed by atoms with van der Waals surface area (Å²) >= 11 is 0. The SMILES string of the molecule is CC1CCc2c(NC(=O)c3ccco3)ccc3c(=O)c(C(=O)O)cn1c23. The van der Waals surface area contributed by atoms with Gasteiger partial charge in [0.1, 0.15) is 5.56 Å². The molecule has 1 aromatic carbocycles. The Hall–Kier alpha value is -3.35. The molecule has 1 unspecified atom stereocenters. The number of aromatic nitrogens is 1. The molecule has 0 fully saturated rings. The summed E-state index contributed by atoms with van der Waals surface area (Å²) in [6.45, 7) is 1.98. The van der Waals surface area contributed by atoms with Gasteiger partial charge >= 0.3 is 5.97 Å². The van der Waals surface area contributed by atoms with Crippen LogP contribution >= 0.6 is 0 Å². The first-order valence-electron chi connectivity index (χ1n) is 8.26. The monoisotopic (exact) mass is 352 g/mol. The van der Waals surface area contributed by atoms with Crippen LogP contribution in [0.2, 0.25) is 0 Å². The van der Waals surface area contributed by atoms with Crippen molar-refractivity contribution >= 4 is 28.5 Å². The van der Waals surface area contributed by atoms with Crippen molar-refractivity contribution in [2.24, 2.45) is 0 Å². The number of carboxylic acid groups (broad SMARTS) is 1. The predicted octanol–water partition coefficient (Wildman–Crippen LogP) is 3.05. The molecular formula is C19H16N2O5. The Balaban J connectivity index is 1.91. The minimum absolute atomic E-state index is 0.0553. The van der Waals surface area contributed by atoms with Crippen molar-refractivity contribution in [2.45, 2.75) is 25.8 Å². The number of furan rings is 1. The Labute approximate surface area is 147 Å². The number of hydrogen-bond acceptors (Lipinski definition) is 4. The Bertz CT molecular complexity index is 1100. The second kappa shape index (κ2) is 5.87. The summed E-state index contributed by atoms with van der Waals surface area (Å²) in [5, 5.41) is 12.5. The number of hydrogen-bond donors (Lipinski definition) is 2. The minimum Gasteiger partial charge on any atom is -0.477 e. The van der Waals surface area contributed by atoms with Crippen LogP contribution < -0.4 is 10.7 Å². The lowest BCUT2D eigenvalue weighted by Gasteiger charge is -2.28. The number of pyridine rings is 1. The van der Waals surface area contributed by atoms with E-state index in [2.05, 4.69) is 5.32 Å². The molecule has 0 aliphatic carbocycles. The zero-order valence-electron chi connectivity index (χ0n) is 14.0. The first kappa shape index (κ1) is 16.1. The van der Waals surface area contributed by atoms with Crippen LogP contribution in [0.3, 0.4) is 0 Å². The highest BCUT2D eigenvalue weighted by Crippen LogP contribution is 2.34. The molecule has 1 amide bonds. The van der Waals surface area contributed by atoms with E-state index in [1.165, 1.54) is 12.5 Å². The van der Waals surface area contributed by atoms with Gasteiger partial charge in [-0.1, -0.05) is 0 Å². The van der Waals surface area contributed by atoms with Crippen LogP contribution in [0.1, 0.15) is 45.9 Å². The zero-order chi connectivity index (χ0) is 18.4. The largest absolute Gasteiger partial charge is 0.477 e. The minimum atomic E-state index is -1.24. The number of carbonyl (C=O) groups excluding carboxylic acids is 1. The molecule has 0 saturated heterocycles. The van der Waals surface area contributed by atoms with Crippen molar-refractivity contribution in [3.63, 3.8) is 0 Å². The molecule has 0 saturated carbocycles. The van der Waals surface area contributed by atoms with E-state index < -0.39 is 11.4 Å². The van der Waals surface area contributed by atoms with Crippen LogP contribution in [0.5, 0.6) is 0 Å². The second-order valence-corrected chi connectivity index (χ2v) is 6.39. The maximum atomic E-state index is 12.5. The average Bonchev–Trinajstić information content (AvgIpc) is 3.15. The highest BCUT2D eigenvalue weighted by Gasteiger charge is 2.25. The van der Waals surface area contributed by atoms with E-state index in [1.54, 1.807) is 24.3 Å². The number of aromatic carboxylic acids is 1. The number of aryl methyl sites for hydroxylation is 1. The number of nitrogens with zero attached hydrogens (tertiary/aromatic N) is 1. The van der Waals surface area contributed by atoms with E-state index in [0.717, 1.165) is 12.0 Å². The third-order valence-electron chi connectivity index (χ3n) is 4.81. The molecule has 3 aromatic rings. The highest BCUT2D eigenvalue weighted by molar-refractivity contribution is 6.04. The van der Waals surface area contributed by atoms with Crippen molar-refractivity contribution < 1.29 is 19.1 Å². The Kier molecular flexibility index (Phi) is 3.64. The van der Waals surface area contributed by atoms with Crippen LogP contribution in [-0.2, 0) is 6.42 Å². The first-order valence-corrected chi connectivity index (χ1v) is 8.26. The fourth-order valence-corrected chi connectivity index (χ4v) is 3.48. The first-order chi connectivity index (χ1) is 12.5. The van der Waals surface area contributed by atoms with Gasteiger partial charge in [-0.05, 0) is 44.0 Å². The van der Waals surface area contributed by atoms with Gasteiger partial charge in [0.25, 0.3) is 5.91 Å². The second-order valence-electron chi connectivity index (χ2n) is 6.39. The molecule has 7 heteroatoms. The van der Waals surface area contributed by atoms with Gasteiger partial charge in [0.15, 0.2) is 5.76 Å². The number of rotatable bonds is 3. The van der Waals surface area contributed by atoms with Crippen LogP contribution in [0.4, 0.5) is 5.69 Å². The molecule has 0 radical (unpaired) electrons. The molecule has 132 valence electrons. The van der Waals surface area contributed by atoms with E-state index in [-0.39, 0.29) is 23.3 Å². The van der Waals surface area contributed by atoms with Crippen molar-refractivity contribution in [2.75, 3.05) is 5.32 Å². The van der Waals surface area contributed by atoms with Gasteiger partial charge in [0.2, 0.25) is 5.43 Å². The molecule has 1 aliphatic rings. The van der Waals surface area contributed by atoms with Gasteiger partial charge in [-0.15, -0.1) is 0 Å². The topological polar surface area (TPSA) is 102 Å². The summed E-state index contributed by atoms with van der Waals surface area (Å²) in [5.74, 6) is -1.42. The van der Waals surface area contributed by atoms with Crippen molar-refractivity contribution in [1.82, 2.24) is 4.57 Å². The fourth-order valence-electron chi connectivity index (χ4n) is 3.48. The Morgan fingerprint density at radius 2 is 2.12 bits per heavy atom. The van der Waals surface area contributed by atoms with E-state index in [4.69, 9.17) is 4.42 Å². The van der Waals surface area contributed by atoms with Crippen LogP contribution in [0.15, 0.2) is 45.9 Å². The number of amides is 1. The maximum Gasteiger partial charge on any atom is 0.341 e. The van der Waals surface area contributed by atoms with Crippen molar-refractivity contribution in [1.29, 1.82) is 0 Å². The predicted molar refractivity (Wildman–Crippen MR) is 94.9 cm³/mol. The number of carbonyl (C=O) groups is 2. The maximum absolute atomic E-state index is 12.5. The molecule has 2 N–H and O–H groups in total. The number of nitrogens with one attached hydrogen (secondary N) is 1.